The van der Waals surface area contributed by atoms with Crippen LogP contribution in [0.1, 0.15) is 28.8 Å². The summed E-state index contributed by atoms with van der Waals surface area (Å²) >= 11 is 1.99. The number of aromatic nitrogens is 2. The van der Waals surface area contributed by atoms with Crippen LogP contribution in [0.3, 0.4) is 0 Å². The van der Waals surface area contributed by atoms with Gasteiger partial charge in [-0.25, -0.2) is 0 Å². The first kappa shape index (κ1) is 18.4. The third-order valence-electron chi connectivity index (χ3n) is 5.68. The fourth-order valence-electron chi connectivity index (χ4n) is 3.82. The molecule has 3 aromatic rings. The first-order valence-electron chi connectivity index (χ1n) is 10.2. The van der Waals surface area contributed by atoms with Crippen molar-refractivity contribution < 1.29 is 4.79 Å². The Morgan fingerprint density at radius 3 is 2.76 bits per heavy atom. The van der Waals surface area contributed by atoms with Gasteiger partial charge in [-0.15, -0.1) is 5.10 Å². The molecule has 1 amide bonds. The second-order valence-electron chi connectivity index (χ2n) is 7.85. The number of hydrogen-bond donors (Lipinski definition) is 1. The number of thioether (sulfide) groups is 1. The molecule has 148 valence electrons. The molecule has 0 bridgehead atoms. The van der Waals surface area contributed by atoms with Gasteiger partial charge in [-0.1, -0.05) is 12.1 Å². The number of benzene rings is 2. The van der Waals surface area contributed by atoms with Crippen LogP contribution in [0.15, 0.2) is 42.6 Å². The molecule has 0 radical (unpaired) electrons. The zero-order valence-corrected chi connectivity index (χ0v) is 17.3. The average Bonchev–Trinajstić information content (AvgIpc) is 3.58. The van der Waals surface area contributed by atoms with Gasteiger partial charge in [0, 0.05) is 47.0 Å². The number of fused-ring (bicyclic) bond motifs is 1. The minimum absolute atomic E-state index is 0.0191. The van der Waals surface area contributed by atoms with Crippen LogP contribution < -0.4 is 10.2 Å². The van der Waals surface area contributed by atoms with Gasteiger partial charge in [0.1, 0.15) is 0 Å². The van der Waals surface area contributed by atoms with Crippen molar-refractivity contribution in [2.24, 2.45) is 0 Å². The van der Waals surface area contributed by atoms with Crippen molar-refractivity contribution in [2.45, 2.75) is 25.8 Å². The van der Waals surface area contributed by atoms with Crippen LogP contribution in [0.25, 0.3) is 21.9 Å². The van der Waals surface area contributed by atoms with Crippen LogP contribution in [-0.4, -0.2) is 46.7 Å². The Morgan fingerprint density at radius 1 is 1.14 bits per heavy atom. The summed E-state index contributed by atoms with van der Waals surface area (Å²) < 4.78 is 0. The molecular formula is C23H24N4OS. The van der Waals surface area contributed by atoms with Gasteiger partial charge in [0.05, 0.1) is 6.20 Å². The minimum Gasteiger partial charge on any atom is -0.353 e. The number of carbonyl (C=O) groups excluding carboxylic acids is 1. The predicted octanol–water partition coefficient (Wildman–Crippen LogP) is 4.05. The summed E-state index contributed by atoms with van der Waals surface area (Å²) in [6.07, 6.45) is 4.02. The van der Waals surface area contributed by atoms with Gasteiger partial charge in [0.25, 0.3) is 5.91 Å². The molecule has 5 rings (SSSR count). The van der Waals surface area contributed by atoms with E-state index in [4.69, 9.17) is 0 Å². The van der Waals surface area contributed by atoms with Gasteiger partial charge in [0.15, 0.2) is 5.82 Å². The third kappa shape index (κ3) is 3.81. The number of aryl methyl sites for hydroxylation is 1. The van der Waals surface area contributed by atoms with Crippen LogP contribution in [0, 0.1) is 6.92 Å². The van der Waals surface area contributed by atoms with E-state index in [0.717, 1.165) is 76.3 Å². The molecule has 6 heteroatoms. The predicted molar refractivity (Wildman–Crippen MR) is 120 cm³/mol. The number of anilines is 1. The van der Waals surface area contributed by atoms with Crippen LogP contribution >= 0.6 is 11.8 Å². The lowest BCUT2D eigenvalue weighted by Crippen LogP contribution is -2.33. The quantitative estimate of drug-likeness (QED) is 0.711. The highest BCUT2D eigenvalue weighted by molar-refractivity contribution is 7.99. The van der Waals surface area contributed by atoms with Gasteiger partial charge >= 0.3 is 0 Å². The Labute approximate surface area is 174 Å². The second-order valence-corrected chi connectivity index (χ2v) is 9.07. The van der Waals surface area contributed by atoms with Crippen LogP contribution in [0.5, 0.6) is 0 Å². The highest BCUT2D eigenvalue weighted by Gasteiger charge is 2.24. The minimum atomic E-state index is 0.0191. The molecule has 0 atom stereocenters. The summed E-state index contributed by atoms with van der Waals surface area (Å²) in [6, 6.07) is 12.8. The molecule has 2 aliphatic rings. The standard InChI is InChI=1S/C23H24N4OS/c1-15-2-3-17(23(28)25-19-5-6-19)13-21(15)16-4-7-20-18(12-16)14-24-26-22(20)27-8-10-29-11-9-27/h2-4,7,12-14,19H,5-6,8-11H2,1H3,(H,25,28). The fraction of sp³-hybridized carbons (Fsp3) is 0.348. The molecule has 1 N–H and O–H groups in total. The molecule has 1 aliphatic carbocycles. The molecular weight excluding hydrogens is 380 g/mol. The maximum absolute atomic E-state index is 12.5. The summed E-state index contributed by atoms with van der Waals surface area (Å²) in [5.74, 6) is 3.25. The molecule has 1 aliphatic heterocycles. The fourth-order valence-corrected chi connectivity index (χ4v) is 4.72. The van der Waals surface area contributed by atoms with Gasteiger partial charge in [-0.3, -0.25) is 4.79 Å². The largest absolute Gasteiger partial charge is 0.353 e. The van der Waals surface area contributed by atoms with Gasteiger partial charge < -0.3 is 10.2 Å². The summed E-state index contributed by atoms with van der Waals surface area (Å²) in [4.78, 5) is 14.8. The zero-order valence-electron chi connectivity index (χ0n) is 16.5. The Hall–Kier alpha value is -2.60. The van der Waals surface area contributed by atoms with Crippen molar-refractivity contribution in [1.29, 1.82) is 0 Å². The molecule has 5 nitrogen and oxygen atoms in total. The zero-order chi connectivity index (χ0) is 19.8. The molecule has 2 fully saturated rings. The first-order chi connectivity index (χ1) is 14.2. The van der Waals surface area contributed by atoms with E-state index in [1.165, 1.54) is 0 Å². The van der Waals surface area contributed by atoms with Crippen molar-refractivity contribution in [3.63, 3.8) is 0 Å². The molecule has 29 heavy (non-hydrogen) atoms. The van der Waals surface area contributed by atoms with E-state index in [9.17, 15) is 4.79 Å². The second kappa shape index (κ2) is 7.67. The van der Waals surface area contributed by atoms with Crippen LogP contribution in [-0.2, 0) is 0 Å². The van der Waals surface area contributed by atoms with E-state index in [1.54, 1.807) is 0 Å². The van der Waals surface area contributed by atoms with E-state index in [2.05, 4.69) is 45.5 Å². The summed E-state index contributed by atoms with van der Waals surface area (Å²) in [5.41, 5.74) is 4.06. The van der Waals surface area contributed by atoms with Gasteiger partial charge in [0.2, 0.25) is 0 Å². The van der Waals surface area contributed by atoms with Crippen LogP contribution in [0.4, 0.5) is 5.82 Å². The van der Waals surface area contributed by atoms with Crippen LogP contribution in [0.2, 0.25) is 0 Å². The number of hydrogen-bond acceptors (Lipinski definition) is 5. The smallest absolute Gasteiger partial charge is 0.251 e. The van der Waals surface area contributed by atoms with Crippen molar-refractivity contribution >= 4 is 34.3 Å². The van der Waals surface area contributed by atoms with Crippen molar-refractivity contribution in [3.8, 4) is 11.1 Å². The number of carbonyl (C=O) groups is 1. The normalized spacial score (nSPS) is 16.8. The molecule has 0 spiro atoms. The van der Waals surface area contributed by atoms with E-state index in [0.29, 0.717) is 6.04 Å². The molecule has 1 saturated heterocycles. The van der Waals surface area contributed by atoms with Gasteiger partial charge in [-0.2, -0.15) is 16.9 Å². The van der Waals surface area contributed by atoms with E-state index < -0.39 is 0 Å². The van der Waals surface area contributed by atoms with Crippen molar-refractivity contribution in [2.75, 3.05) is 29.5 Å². The molecule has 0 unspecified atom stereocenters. The van der Waals surface area contributed by atoms with Crippen molar-refractivity contribution in [3.05, 3.63) is 53.7 Å². The molecule has 2 heterocycles. The Morgan fingerprint density at radius 2 is 1.97 bits per heavy atom. The summed E-state index contributed by atoms with van der Waals surface area (Å²) in [5, 5.41) is 14.0. The van der Waals surface area contributed by atoms with Crippen molar-refractivity contribution in [1.82, 2.24) is 15.5 Å². The molecule has 1 aromatic heterocycles. The summed E-state index contributed by atoms with van der Waals surface area (Å²) in [6.45, 7) is 4.11. The highest BCUT2D eigenvalue weighted by Crippen LogP contribution is 2.32. The lowest BCUT2D eigenvalue weighted by Gasteiger charge is -2.27. The van der Waals surface area contributed by atoms with E-state index in [1.807, 2.05) is 36.2 Å². The average molecular weight is 405 g/mol. The lowest BCUT2D eigenvalue weighted by atomic mass is 9.96. The maximum Gasteiger partial charge on any atom is 0.251 e. The Kier molecular flexibility index (Phi) is 4.87. The number of rotatable bonds is 4. The topological polar surface area (TPSA) is 58.1 Å². The maximum atomic E-state index is 12.5. The first-order valence-corrected chi connectivity index (χ1v) is 11.3. The highest BCUT2D eigenvalue weighted by atomic mass is 32.2. The number of amides is 1. The number of nitrogens with zero attached hydrogens (tertiary/aromatic N) is 3. The molecule has 2 aromatic carbocycles. The lowest BCUT2D eigenvalue weighted by molar-refractivity contribution is 0.0951. The SMILES string of the molecule is Cc1ccc(C(=O)NC2CC2)cc1-c1ccc2c(N3CCSCC3)nncc2c1. The Balaban J connectivity index is 1.51. The Bertz CT molecular complexity index is 1070. The van der Waals surface area contributed by atoms with Gasteiger partial charge in [-0.05, 0) is 60.7 Å². The monoisotopic (exact) mass is 404 g/mol. The molecule has 1 saturated carbocycles. The third-order valence-corrected chi connectivity index (χ3v) is 6.62. The van der Waals surface area contributed by atoms with E-state index in [-0.39, 0.29) is 5.91 Å². The number of nitrogens with one attached hydrogen (secondary N) is 1. The summed E-state index contributed by atoms with van der Waals surface area (Å²) in [7, 11) is 0. The van der Waals surface area contributed by atoms with E-state index >= 15 is 0 Å².